The molecule has 4 nitrogen and oxygen atoms in total. The molecular formula is C11H14F2N2O2. The minimum Gasteiger partial charge on any atom is -0.468 e. The Morgan fingerprint density at radius 3 is 2.76 bits per heavy atom. The van der Waals surface area contributed by atoms with E-state index in [4.69, 9.17) is 0 Å². The topological polar surface area (TPSA) is 42.4 Å². The monoisotopic (exact) mass is 244 g/mol. The van der Waals surface area contributed by atoms with Gasteiger partial charge in [-0.25, -0.2) is 13.6 Å². The highest BCUT2D eigenvalue weighted by Crippen LogP contribution is 2.20. The molecule has 0 saturated heterocycles. The van der Waals surface area contributed by atoms with Gasteiger partial charge in [-0.2, -0.15) is 0 Å². The SMILES string of the molecule is COC(=O)[C@H](c1cccnc1)N(C)CC(F)F. The molecule has 6 heteroatoms. The summed E-state index contributed by atoms with van der Waals surface area (Å²) in [4.78, 5) is 16.7. The molecular weight excluding hydrogens is 230 g/mol. The van der Waals surface area contributed by atoms with Crippen molar-refractivity contribution in [2.45, 2.75) is 12.5 Å². The third kappa shape index (κ3) is 3.74. The van der Waals surface area contributed by atoms with E-state index in [1.165, 1.54) is 25.3 Å². The van der Waals surface area contributed by atoms with E-state index in [2.05, 4.69) is 9.72 Å². The van der Waals surface area contributed by atoms with Crippen LogP contribution in [0.25, 0.3) is 0 Å². The molecule has 1 atom stereocenters. The minimum absolute atomic E-state index is 0.505. The third-order valence-corrected chi connectivity index (χ3v) is 2.29. The van der Waals surface area contributed by atoms with E-state index in [0.717, 1.165) is 0 Å². The molecule has 0 N–H and O–H groups in total. The van der Waals surface area contributed by atoms with Crippen molar-refractivity contribution in [1.29, 1.82) is 0 Å². The first-order valence-electron chi connectivity index (χ1n) is 5.02. The number of nitrogens with zero attached hydrogens (tertiary/aromatic N) is 2. The molecule has 0 unspecified atom stereocenters. The molecule has 0 aliphatic heterocycles. The zero-order valence-electron chi connectivity index (χ0n) is 9.64. The molecule has 0 saturated carbocycles. The zero-order chi connectivity index (χ0) is 12.8. The second-order valence-corrected chi connectivity index (χ2v) is 3.54. The van der Waals surface area contributed by atoms with Crippen molar-refractivity contribution in [3.63, 3.8) is 0 Å². The van der Waals surface area contributed by atoms with Gasteiger partial charge in [0.1, 0.15) is 6.04 Å². The molecule has 0 aromatic carbocycles. The van der Waals surface area contributed by atoms with Crippen LogP contribution in [0, 0.1) is 0 Å². The number of carbonyl (C=O) groups is 1. The Balaban J connectivity index is 2.92. The fourth-order valence-corrected chi connectivity index (χ4v) is 1.54. The molecule has 1 heterocycles. The summed E-state index contributed by atoms with van der Waals surface area (Å²) < 4.78 is 29.3. The molecule has 0 aliphatic carbocycles. The van der Waals surface area contributed by atoms with Gasteiger partial charge in [-0.05, 0) is 18.7 Å². The van der Waals surface area contributed by atoms with Gasteiger partial charge in [0.15, 0.2) is 0 Å². The smallest absolute Gasteiger partial charge is 0.327 e. The number of ether oxygens (including phenoxy) is 1. The van der Waals surface area contributed by atoms with Gasteiger partial charge < -0.3 is 4.74 Å². The average molecular weight is 244 g/mol. The number of pyridine rings is 1. The normalized spacial score (nSPS) is 12.8. The van der Waals surface area contributed by atoms with Crippen LogP contribution in [0.2, 0.25) is 0 Å². The van der Waals surface area contributed by atoms with Crippen LogP contribution in [0.5, 0.6) is 0 Å². The molecule has 17 heavy (non-hydrogen) atoms. The van der Waals surface area contributed by atoms with Crippen molar-refractivity contribution in [3.8, 4) is 0 Å². The van der Waals surface area contributed by atoms with Crippen molar-refractivity contribution in [3.05, 3.63) is 30.1 Å². The Hall–Kier alpha value is -1.56. The molecule has 0 spiro atoms. The Labute approximate surface area is 98.2 Å². The molecule has 0 bridgehead atoms. The van der Waals surface area contributed by atoms with Crippen molar-refractivity contribution >= 4 is 5.97 Å². The highest BCUT2D eigenvalue weighted by molar-refractivity contribution is 5.77. The van der Waals surface area contributed by atoms with Gasteiger partial charge in [0.05, 0.1) is 13.7 Å². The van der Waals surface area contributed by atoms with Gasteiger partial charge in [0.2, 0.25) is 0 Å². The molecule has 1 aromatic heterocycles. The molecule has 94 valence electrons. The maximum atomic E-state index is 12.3. The summed E-state index contributed by atoms with van der Waals surface area (Å²) in [5.41, 5.74) is 0.530. The maximum absolute atomic E-state index is 12.3. The second kappa shape index (κ2) is 6.24. The fraction of sp³-hybridized carbons (Fsp3) is 0.455. The van der Waals surface area contributed by atoms with E-state index in [-0.39, 0.29) is 0 Å². The summed E-state index contributed by atoms with van der Waals surface area (Å²) in [6, 6.07) is 2.43. The average Bonchev–Trinajstić information content (AvgIpc) is 2.29. The van der Waals surface area contributed by atoms with E-state index in [1.807, 2.05) is 0 Å². The summed E-state index contributed by atoms with van der Waals surface area (Å²) in [7, 11) is 2.67. The lowest BCUT2D eigenvalue weighted by atomic mass is 10.1. The van der Waals surface area contributed by atoms with Gasteiger partial charge in [-0.15, -0.1) is 0 Å². The molecule has 1 aromatic rings. The predicted octanol–water partition coefficient (Wildman–Crippen LogP) is 1.49. The molecule has 1 rings (SSSR count). The third-order valence-electron chi connectivity index (χ3n) is 2.29. The summed E-state index contributed by atoms with van der Waals surface area (Å²) in [6.07, 6.45) is 0.498. The Morgan fingerprint density at radius 1 is 1.59 bits per heavy atom. The van der Waals surface area contributed by atoms with E-state index < -0.39 is 25.0 Å². The lowest BCUT2D eigenvalue weighted by Crippen LogP contribution is -2.35. The number of methoxy groups -OCH3 is 1. The molecule has 0 radical (unpaired) electrons. The van der Waals surface area contributed by atoms with Crippen LogP contribution < -0.4 is 0 Å². The Morgan fingerprint density at radius 2 is 2.29 bits per heavy atom. The van der Waals surface area contributed by atoms with Crippen LogP contribution in [0.4, 0.5) is 8.78 Å². The van der Waals surface area contributed by atoms with Crippen molar-refractivity contribution in [2.24, 2.45) is 0 Å². The molecule has 0 fully saturated rings. The van der Waals surface area contributed by atoms with E-state index in [0.29, 0.717) is 5.56 Å². The molecule has 0 aliphatic rings. The largest absolute Gasteiger partial charge is 0.468 e. The summed E-state index contributed by atoms with van der Waals surface area (Å²) in [5.74, 6) is -0.582. The van der Waals surface area contributed by atoms with Gasteiger partial charge in [-0.3, -0.25) is 9.88 Å². The van der Waals surface area contributed by atoms with Gasteiger partial charge in [0, 0.05) is 12.4 Å². The fourth-order valence-electron chi connectivity index (χ4n) is 1.54. The van der Waals surface area contributed by atoms with Crippen LogP contribution in [-0.4, -0.2) is 43.0 Å². The predicted molar refractivity (Wildman–Crippen MR) is 57.6 cm³/mol. The lowest BCUT2D eigenvalue weighted by Gasteiger charge is -2.25. The number of hydrogen-bond donors (Lipinski definition) is 0. The van der Waals surface area contributed by atoms with Gasteiger partial charge in [0.25, 0.3) is 6.43 Å². The number of carbonyl (C=O) groups excluding carboxylic acids is 1. The minimum atomic E-state index is -2.51. The summed E-state index contributed by atoms with van der Waals surface area (Å²) in [5, 5.41) is 0. The van der Waals surface area contributed by atoms with Gasteiger partial charge in [-0.1, -0.05) is 6.07 Å². The summed E-state index contributed by atoms with van der Waals surface area (Å²) >= 11 is 0. The summed E-state index contributed by atoms with van der Waals surface area (Å²) in [6.45, 7) is -0.505. The number of hydrogen-bond acceptors (Lipinski definition) is 4. The maximum Gasteiger partial charge on any atom is 0.327 e. The first-order chi connectivity index (χ1) is 8.06. The number of aromatic nitrogens is 1. The van der Waals surface area contributed by atoms with Crippen LogP contribution in [0.15, 0.2) is 24.5 Å². The van der Waals surface area contributed by atoms with E-state index >= 15 is 0 Å². The highest BCUT2D eigenvalue weighted by Gasteiger charge is 2.27. The Bertz CT molecular complexity index is 360. The number of esters is 1. The first kappa shape index (κ1) is 13.5. The van der Waals surface area contributed by atoms with Gasteiger partial charge >= 0.3 is 5.97 Å². The number of halogens is 2. The lowest BCUT2D eigenvalue weighted by molar-refractivity contribution is -0.147. The molecule has 0 amide bonds. The van der Waals surface area contributed by atoms with Crippen LogP contribution in [0.3, 0.4) is 0 Å². The van der Waals surface area contributed by atoms with Crippen LogP contribution in [-0.2, 0) is 9.53 Å². The van der Waals surface area contributed by atoms with Crippen molar-refractivity contribution in [2.75, 3.05) is 20.7 Å². The van der Waals surface area contributed by atoms with E-state index in [9.17, 15) is 13.6 Å². The van der Waals surface area contributed by atoms with Crippen LogP contribution in [0.1, 0.15) is 11.6 Å². The number of alkyl halides is 2. The Kier molecular flexibility index (Phi) is 4.96. The first-order valence-corrected chi connectivity index (χ1v) is 5.02. The van der Waals surface area contributed by atoms with Crippen molar-refractivity contribution < 1.29 is 18.3 Å². The van der Waals surface area contributed by atoms with Crippen LogP contribution >= 0.6 is 0 Å². The second-order valence-electron chi connectivity index (χ2n) is 3.54. The standard InChI is InChI=1S/C11H14F2N2O2/c1-15(7-9(12)13)10(11(16)17-2)8-4-3-5-14-6-8/h3-6,9-10H,7H2,1-2H3/t10-/m0/s1. The quantitative estimate of drug-likeness (QED) is 0.736. The zero-order valence-corrected chi connectivity index (χ0v) is 9.64. The number of likely N-dealkylation sites (N-methyl/N-ethyl adjacent to an activating group) is 1. The van der Waals surface area contributed by atoms with Crippen molar-refractivity contribution in [1.82, 2.24) is 9.88 Å². The highest BCUT2D eigenvalue weighted by atomic mass is 19.3. The number of rotatable bonds is 5. The van der Waals surface area contributed by atoms with E-state index in [1.54, 1.807) is 18.3 Å².